The number of carbonyl (C=O) groups excluding carboxylic acids is 2. The molecule has 2 heterocycles. The fourth-order valence-corrected chi connectivity index (χ4v) is 4.17. The minimum Gasteiger partial charge on any atom is -0.343 e. The number of rotatable bonds is 4. The third kappa shape index (κ3) is 4.64. The Morgan fingerprint density at radius 2 is 1.62 bits per heavy atom. The minimum atomic E-state index is 0.112. The van der Waals surface area contributed by atoms with Gasteiger partial charge in [0.15, 0.2) is 0 Å². The summed E-state index contributed by atoms with van der Waals surface area (Å²) in [6, 6.07) is 10.8. The van der Waals surface area contributed by atoms with Gasteiger partial charge >= 0.3 is 0 Å². The molecule has 0 unspecified atom stereocenters. The lowest BCUT2D eigenvalue weighted by Gasteiger charge is -2.39. The highest BCUT2D eigenvalue weighted by Gasteiger charge is 2.32. The van der Waals surface area contributed by atoms with Crippen molar-refractivity contribution in [2.45, 2.75) is 45.2 Å². The summed E-state index contributed by atoms with van der Waals surface area (Å²) in [5.41, 5.74) is 1.34. The third-order valence-corrected chi connectivity index (χ3v) is 6.01. The molecule has 2 aliphatic heterocycles. The van der Waals surface area contributed by atoms with Gasteiger partial charge in [-0.25, -0.2) is 0 Å². The van der Waals surface area contributed by atoms with Crippen molar-refractivity contribution < 1.29 is 9.59 Å². The molecule has 1 aromatic rings. The SMILES string of the molecule is CC(=O)N(C)C1CCN(C(=O)C2CCN(Cc3ccccc3)CC2)CC1. The van der Waals surface area contributed by atoms with E-state index in [1.165, 1.54) is 5.56 Å². The van der Waals surface area contributed by atoms with E-state index >= 15 is 0 Å². The predicted molar refractivity (Wildman–Crippen MR) is 102 cm³/mol. The van der Waals surface area contributed by atoms with Crippen molar-refractivity contribution in [3.63, 3.8) is 0 Å². The molecule has 142 valence electrons. The van der Waals surface area contributed by atoms with Crippen LogP contribution in [0.4, 0.5) is 0 Å². The van der Waals surface area contributed by atoms with Gasteiger partial charge in [-0.2, -0.15) is 0 Å². The van der Waals surface area contributed by atoms with Gasteiger partial charge in [-0.1, -0.05) is 30.3 Å². The Bertz CT molecular complexity index is 603. The monoisotopic (exact) mass is 357 g/mol. The molecular formula is C21H31N3O2. The van der Waals surface area contributed by atoms with Crippen molar-refractivity contribution in [2.24, 2.45) is 5.92 Å². The molecule has 3 rings (SSSR count). The first kappa shape index (κ1) is 18.9. The fourth-order valence-electron chi connectivity index (χ4n) is 4.17. The molecule has 0 N–H and O–H groups in total. The number of hydrogen-bond acceptors (Lipinski definition) is 3. The number of likely N-dealkylation sites (tertiary alicyclic amines) is 2. The first-order chi connectivity index (χ1) is 12.5. The summed E-state index contributed by atoms with van der Waals surface area (Å²) in [4.78, 5) is 30.7. The first-order valence-corrected chi connectivity index (χ1v) is 9.83. The largest absolute Gasteiger partial charge is 0.343 e. The highest BCUT2D eigenvalue weighted by atomic mass is 16.2. The molecule has 0 radical (unpaired) electrons. The van der Waals surface area contributed by atoms with E-state index in [0.29, 0.717) is 5.91 Å². The molecule has 5 heteroatoms. The van der Waals surface area contributed by atoms with Crippen LogP contribution >= 0.6 is 0 Å². The number of amides is 2. The Morgan fingerprint density at radius 1 is 1.00 bits per heavy atom. The summed E-state index contributed by atoms with van der Waals surface area (Å²) in [6.45, 7) is 6.14. The Labute approximate surface area is 156 Å². The standard InChI is InChI=1S/C21H31N3O2/c1-17(25)22(2)20-10-14-24(15-11-20)21(26)19-8-12-23(13-9-19)16-18-6-4-3-5-7-18/h3-7,19-20H,8-16H2,1-2H3. The predicted octanol–water partition coefficient (Wildman–Crippen LogP) is 2.37. The van der Waals surface area contributed by atoms with E-state index in [-0.39, 0.29) is 17.9 Å². The van der Waals surface area contributed by atoms with Gasteiger partial charge in [0, 0.05) is 45.6 Å². The van der Waals surface area contributed by atoms with E-state index in [4.69, 9.17) is 0 Å². The molecule has 0 saturated carbocycles. The van der Waals surface area contributed by atoms with E-state index in [0.717, 1.165) is 58.4 Å². The van der Waals surface area contributed by atoms with Crippen LogP contribution in [0.1, 0.15) is 38.2 Å². The Morgan fingerprint density at radius 3 is 2.19 bits per heavy atom. The normalized spacial score (nSPS) is 20.2. The maximum atomic E-state index is 12.9. The van der Waals surface area contributed by atoms with Gasteiger partial charge in [0.1, 0.15) is 0 Å². The summed E-state index contributed by atoms with van der Waals surface area (Å²) in [7, 11) is 1.87. The maximum Gasteiger partial charge on any atom is 0.225 e. The molecular weight excluding hydrogens is 326 g/mol. The quantitative estimate of drug-likeness (QED) is 0.831. The van der Waals surface area contributed by atoms with Crippen molar-refractivity contribution >= 4 is 11.8 Å². The lowest BCUT2D eigenvalue weighted by Crippen LogP contribution is -2.49. The van der Waals surface area contributed by atoms with Crippen LogP contribution in [0.15, 0.2) is 30.3 Å². The van der Waals surface area contributed by atoms with E-state index in [9.17, 15) is 9.59 Å². The molecule has 1 aromatic carbocycles. The number of nitrogens with zero attached hydrogens (tertiary/aromatic N) is 3. The lowest BCUT2D eigenvalue weighted by atomic mass is 9.93. The molecule has 0 atom stereocenters. The molecule has 2 fully saturated rings. The molecule has 2 saturated heterocycles. The second-order valence-corrected chi connectivity index (χ2v) is 7.72. The van der Waals surface area contributed by atoms with Gasteiger partial charge in [0.05, 0.1) is 0 Å². The summed E-state index contributed by atoms with van der Waals surface area (Å²) >= 11 is 0. The van der Waals surface area contributed by atoms with Crippen LogP contribution in [0.25, 0.3) is 0 Å². The number of carbonyl (C=O) groups is 2. The van der Waals surface area contributed by atoms with Gasteiger partial charge in [-0.05, 0) is 44.3 Å². The number of piperidine rings is 2. The summed E-state index contributed by atoms with van der Waals surface area (Å²) < 4.78 is 0. The van der Waals surface area contributed by atoms with Crippen LogP contribution in [0.3, 0.4) is 0 Å². The average Bonchev–Trinajstić information content (AvgIpc) is 2.68. The summed E-state index contributed by atoms with van der Waals surface area (Å²) in [5.74, 6) is 0.609. The molecule has 0 spiro atoms. The van der Waals surface area contributed by atoms with E-state index in [1.807, 2.05) is 22.9 Å². The topological polar surface area (TPSA) is 43.9 Å². The van der Waals surface area contributed by atoms with E-state index in [1.54, 1.807) is 6.92 Å². The van der Waals surface area contributed by atoms with Gasteiger partial charge in [0.25, 0.3) is 0 Å². The highest BCUT2D eigenvalue weighted by Crippen LogP contribution is 2.24. The van der Waals surface area contributed by atoms with Crippen molar-refractivity contribution in [1.82, 2.24) is 14.7 Å². The van der Waals surface area contributed by atoms with Crippen molar-refractivity contribution in [3.8, 4) is 0 Å². The van der Waals surface area contributed by atoms with Crippen molar-refractivity contribution in [2.75, 3.05) is 33.2 Å². The lowest BCUT2D eigenvalue weighted by molar-refractivity contribution is -0.139. The first-order valence-electron chi connectivity index (χ1n) is 9.83. The average molecular weight is 357 g/mol. The van der Waals surface area contributed by atoms with Gasteiger partial charge in [-0.3, -0.25) is 14.5 Å². The maximum absolute atomic E-state index is 12.9. The second-order valence-electron chi connectivity index (χ2n) is 7.72. The van der Waals surface area contributed by atoms with Crippen LogP contribution in [-0.4, -0.2) is 65.8 Å². The third-order valence-electron chi connectivity index (χ3n) is 6.01. The van der Waals surface area contributed by atoms with Crippen LogP contribution in [0.5, 0.6) is 0 Å². The zero-order valence-corrected chi connectivity index (χ0v) is 16.1. The number of hydrogen-bond donors (Lipinski definition) is 0. The van der Waals surface area contributed by atoms with Gasteiger partial charge in [0.2, 0.25) is 11.8 Å². The highest BCUT2D eigenvalue weighted by molar-refractivity contribution is 5.79. The zero-order chi connectivity index (χ0) is 18.5. The van der Waals surface area contributed by atoms with Gasteiger partial charge in [-0.15, -0.1) is 0 Å². The number of benzene rings is 1. The van der Waals surface area contributed by atoms with E-state index < -0.39 is 0 Å². The summed E-state index contributed by atoms with van der Waals surface area (Å²) in [5, 5.41) is 0. The molecule has 2 aliphatic rings. The van der Waals surface area contributed by atoms with Crippen LogP contribution in [0, 0.1) is 5.92 Å². The van der Waals surface area contributed by atoms with E-state index in [2.05, 4.69) is 29.2 Å². The minimum absolute atomic E-state index is 0.112. The molecule has 26 heavy (non-hydrogen) atoms. The molecule has 0 bridgehead atoms. The fraction of sp³-hybridized carbons (Fsp3) is 0.619. The Hall–Kier alpha value is -1.88. The smallest absolute Gasteiger partial charge is 0.225 e. The molecule has 0 aliphatic carbocycles. The van der Waals surface area contributed by atoms with Gasteiger partial charge < -0.3 is 9.80 Å². The Kier molecular flexibility index (Phi) is 6.30. The molecule has 0 aromatic heterocycles. The summed E-state index contributed by atoms with van der Waals surface area (Å²) in [6.07, 6.45) is 3.71. The second kappa shape index (κ2) is 8.67. The van der Waals surface area contributed by atoms with Crippen molar-refractivity contribution in [3.05, 3.63) is 35.9 Å². The molecule has 5 nitrogen and oxygen atoms in total. The van der Waals surface area contributed by atoms with Crippen LogP contribution in [-0.2, 0) is 16.1 Å². The van der Waals surface area contributed by atoms with Crippen LogP contribution in [0.2, 0.25) is 0 Å². The molecule has 2 amide bonds. The zero-order valence-electron chi connectivity index (χ0n) is 16.1. The van der Waals surface area contributed by atoms with Crippen LogP contribution < -0.4 is 0 Å². The van der Waals surface area contributed by atoms with Crippen molar-refractivity contribution in [1.29, 1.82) is 0 Å². The Balaban J connectivity index is 1.43.